The van der Waals surface area contributed by atoms with Crippen molar-refractivity contribution in [1.82, 2.24) is 9.97 Å². The van der Waals surface area contributed by atoms with E-state index in [0.29, 0.717) is 37.5 Å². The lowest BCUT2D eigenvalue weighted by molar-refractivity contribution is 0.281. The van der Waals surface area contributed by atoms with E-state index in [1.807, 2.05) is 0 Å². The van der Waals surface area contributed by atoms with Crippen molar-refractivity contribution in [2.45, 2.75) is 6.61 Å². The number of rotatable bonds is 5. The van der Waals surface area contributed by atoms with Crippen LogP contribution in [0.1, 0.15) is 5.56 Å². The van der Waals surface area contributed by atoms with Gasteiger partial charge in [-0.05, 0) is 53.6 Å². The van der Waals surface area contributed by atoms with E-state index >= 15 is 0 Å². The largest absolute Gasteiger partial charge is 0.459 e. The van der Waals surface area contributed by atoms with Gasteiger partial charge in [0.1, 0.15) is 12.4 Å². The highest BCUT2D eigenvalue weighted by Crippen LogP contribution is 2.39. The number of nitrogen functional groups attached to an aromatic ring is 1. The van der Waals surface area contributed by atoms with Crippen LogP contribution < -0.4 is 10.5 Å². The molecule has 4 rings (SSSR count). The molecule has 4 aromatic rings. The quantitative estimate of drug-likeness (QED) is 0.320. The van der Waals surface area contributed by atoms with Crippen LogP contribution in [0.25, 0.3) is 22.4 Å². The molecule has 0 spiro atoms. The zero-order chi connectivity index (χ0) is 22.8. The zero-order valence-electron chi connectivity index (χ0n) is 16.3. The van der Waals surface area contributed by atoms with Crippen LogP contribution in [0.2, 0.25) is 15.1 Å². The van der Waals surface area contributed by atoms with Crippen molar-refractivity contribution in [2.24, 2.45) is 0 Å². The molecule has 1 heterocycles. The Bertz CT molecular complexity index is 1300. The molecule has 0 atom stereocenters. The minimum absolute atomic E-state index is 0.0500. The summed E-state index contributed by atoms with van der Waals surface area (Å²) in [4.78, 5) is 8.74. The van der Waals surface area contributed by atoms with Crippen LogP contribution in [-0.4, -0.2) is 9.97 Å². The van der Waals surface area contributed by atoms with Crippen LogP contribution in [0.15, 0.2) is 60.7 Å². The van der Waals surface area contributed by atoms with Gasteiger partial charge in [-0.1, -0.05) is 53.0 Å². The van der Waals surface area contributed by atoms with Crippen LogP contribution in [0, 0.1) is 11.6 Å². The Balaban J connectivity index is 1.79. The first-order chi connectivity index (χ1) is 15.3. The second-order valence-corrected chi connectivity index (χ2v) is 8.06. The Morgan fingerprint density at radius 2 is 1.53 bits per heavy atom. The number of nitrogens with zero attached hydrogens (tertiary/aromatic N) is 2. The Morgan fingerprint density at radius 3 is 2.22 bits per heavy atom. The van der Waals surface area contributed by atoms with Crippen molar-refractivity contribution in [3.8, 4) is 28.4 Å². The Labute approximate surface area is 197 Å². The van der Waals surface area contributed by atoms with E-state index in [1.165, 1.54) is 6.07 Å². The molecule has 0 unspecified atom stereocenters. The third-order valence-corrected chi connectivity index (χ3v) is 5.39. The van der Waals surface area contributed by atoms with E-state index in [-0.39, 0.29) is 18.4 Å². The maximum absolute atomic E-state index is 13.5. The summed E-state index contributed by atoms with van der Waals surface area (Å²) in [7, 11) is 0. The van der Waals surface area contributed by atoms with E-state index in [9.17, 15) is 8.78 Å². The average molecular weight is 493 g/mol. The van der Waals surface area contributed by atoms with Gasteiger partial charge in [0.05, 0.1) is 16.3 Å². The van der Waals surface area contributed by atoms with Crippen molar-refractivity contribution in [3.63, 3.8) is 0 Å². The highest BCUT2D eigenvalue weighted by molar-refractivity contribution is 6.36. The van der Waals surface area contributed by atoms with E-state index in [2.05, 4.69) is 9.97 Å². The highest BCUT2D eigenvalue weighted by Gasteiger charge is 2.19. The minimum Gasteiger partial charge on any atom is -0.459 e. The number of aromatic nitrogens is 2. The first-order valence-corrected chi connectivity index (χ1v) is 10.4. The number of nitrogens with two attached hydrogens (primary N) is 1. The van der Waals surface area contributed by atoms with Crippen LogP contribution in [0.5, 0.6) is 6.01 Å². The lowest BCUT2D eigenvalue weighted by Gasteiger charge is -2.15. The first kappa shape index (κ1) is 22.3. The summed E-state index contributed by atoms with van der Waals surface area (Å²) in [6.45, 7) is -0.0925. The Morgan fingerprint density at radius 1 is 0.812 bits per heavy atom. The van der Waals surface area contributed by atoms with E-state index in [1.54, 1.807) is 42.5 Å². The van der Waals surface area contributed by atoms with Crippen molar-refractivity contribution >= 4 is 40.6 Å². The molecule has 0 aliphatic carbocycles. The Hall–Kier alpha value is -2.93. The second kappa shape index (κ2) is 9.28. The normalized spacial score (nSPS) is 10.9. The number of hydrogen-bond donors (Lipinski definition) is 1. The predicted molar refractivity (Wildman–Crippen MR) is 123 cm³/mol. The molecule has 0 aliphatic heterocycles. The molecule has 162 valence electrons. The lowest BCUT2D eigenvalue weighted by Crippen LogP contribution is -2.06. The number of benzene rings is 3. The monoisotopic (exact) mass is 491 g/mol. The van der Waals surface area contributed by atoms with Gasteiger partial charge >= 0.3 is 6.01 Å². The molecule has 0 saturated carbocycles. The van der Waals surface area contributed by atoms with Gasteiger partial charge in [-0.25, -0.2) is 8.78 Å². The third kappa shape index (κ3) is 4.78. The molecule has 0 aliphatic rings. The molecule has 0 radical (unpaired) electrons. The van der Waals surface area contributed by atoms with Gasteiger partial charge in [-0.3, -0.25) is 0 Å². The smallest absolute Gasteiger partial charge is 0.319 e. The molecule has 0 fully saturated rings. The molecule has 1 aromatic heterocycles. The first-order valence-electron chi connectivity index (χ1n) is 9.27. The molecule has 4 nitrogen and oxygen atoms in total. The maximum Gasteiger partial charge on any atom is 0.319 e. The number of anilines is 1. The summed E-state index contributed by atoms with van der Waals surface area (Å²) in [5.41, 5.74) is 8.92. The second-order valence-electron chi connectivity index (χ2n) is 6.78. The van der Waals surface area contributed by atoms with Gasteiger partial charge in [0.2, 0.25) is 0 Å². The topological polar surface area (TPSA) is 61.0 Å². The fourth-order valence-corrected chi connectivity index (χ4v) is 3.70. The number of ether oxygens (including phenoxy) is 1. The average Bonchev–Trinajstić information content (AvgIpc) is 2.75. The summed E-state index contributed by atoms with van der Waals surface area (Å²) < 4.78 is 32.3. The molecule has 9 heteroatoms. The van der Waals surface area contributed by atoms with Crippen molar-refractivity contribution < 1.29 is 13.5 Å². The van der Waals surface area contributed by atoms with Crippen molar-refractivity contribution in [2.75, 3.05) is 5.73 Å². The molecule has 32 heavy (non-hydrogen) atoms. The van der Waals surface area contributed by atoms with Gasteiger partial charge in [0.15, 0.2) is 11.6 Å². The van der Waals surface area contributed by atoms with Crippen molar-refractivity contribution in [3.05, 3.63) is 92.9 Å². The van der Waals surface area contributed by atoms with E-state index in [0.717, 1.165) is 17.7 Å². The van der Waals surface area contributed by atoms with Gasteiger partial charge in [0.25, 0.3) is 0 Å². The van der Waals surface area contributed by atoms with Gasteiger partial charge in [-0.15, -0.1) is 0 Å². The Kier molecular flexibility index (Phi) is 6.46. The van der Waals surface area contributed by atoms with Gasteiger partial charge in [-0.2, -0.15) is 9.97 Å². The fourth-order valence-electron chi connectivity index (χ4n) is 3.08. The third-order valence-electron chi connectivity index (χ3n) is 4.59. The van der Waals surface area contributed by atoms with Crippen molar-refractivity contribution in [1.29, 1.82) is 0 Å². The van der Waals surface area contributed by atoms with Gasteiger partial charge in [0, 0.05) is 15.6 Å². The highest BCUT2D eigenvalue weighted by atomic mass is 35.5. The lowest BCUT2D eigenvalue weighted by atomic mass is 9.99. The summed E-state index contributed by atoms with van der Waals surface area (Å²) in [5.74, 6) is -1.77. The minimum atomic E-state index is -0.974. The summed E-state index contributed by atoms with van der Waals surface area (Å²) in [6.07, 6.45) is 0. The van der Waals surface area contributed by atoms with Crippen LogP contribution in [0.3, 0.4) is 0 Å². The summed E-state index contributed by atoms with van der Waals surface area (Å²) in [6, 6.07) is 15.4. The van der Waals surface area contributed by atoms with Crippen LogP contribution in [0.4, 0.5) is 14.6 Å². The standard InChI is InChI=1S/C23H14Cl3F2N3O/c24-14-4-2-13(3-5-14)20-21(16-7-6-15(25)10-17(16)26)30-23(31-22(20)29)32-11-12-1-8-18(27)19(28)9-12/h1-10H,11H2,(H2,29,30,31). The summed E-state index contributed by atoms with van der Waals surface area (Å²) >= 11 is 18.5. The molecule has 2 N–H and O–H groups in total. The van der Waals surface area contributed by atoms with Crippen LogP contribution >= 0.6 is 34.8 Å². The maximum atomic E-state index is 13.5. The van der Waals surface area contributed by atoms with Gasteiger partial charge < -0.3 is 10.5 Å². The molecule has 3 aromatic carbocycles. The zero-order valence-corrected chi connectivity index (χ0v) is 18.5. The predicted octanol–water partition coefficient (Wildman–Crippen LogP) is 7.21. The summed E-state index contributed by atoms with van der Waals surface area (Å²) in [5, 5.41) is 1.38. The molecule has 0 bridgehead atoms. The van der Waals surface area contributed by atoms with E-state index < -0.39 is 11.6 Å². The molecule has 0 amide bonds. The molecular formula is C23H14Cl3F2N3O. The molecule has 0 saturated heterocycles. The fraction of sp³-hybridized carbons (Fsp3) is 0.0435. The van der Waals surface area contributed by atoms with Crippen LogP contribution in [-0.2, 0) is 6.61 Å². The molecular weight excluding hydrogens is 479 g/mol. The number of halogens is 5. The SMILES string of the molecule is Nc1nc(OCc2ccc(F)c(F)c2)nc(-c2ccc(Cl)cc2Cl)c1-c1ccc(Cl)cc1. The van der Waals surface area contributed by atoms with E-state index in [4.69, 9.17) is 45.3 Å². The number of hydrogen-bond acceptors (Lipinski definition) is 4.